The van der Waals surface area contributed by atoms with E-state index in [-0.39, 0.29) is 5.69 Å². The predicted molar refractivity (Wildman–Crippen MR) is 80.8 cm³/mol. The van der Waals surface area contributed by atoms with Crippen LogP contribution in [-0.2, 0) is 6.54 Å². The highest BCUT2D eigenvalue weighted by Gasteiger charge is 2.14. The molecule has 0 unspecified atom stereocenters. The van der Waals surface area contributed by atoms with E-state index >= 15 is 0 Å². The zero-order valence-electron chi connectivity index (χ0n) is 11.8. The monoisotopic (exact) mass is 286 g/mol. The van der Waals surface area contributed by atoms with Gasteiger partial charge in [0.1, 0.15) is 0 Å². The summed E-state index contributed by atoms with van der Waals surface area (Å²) in [6.45, 7) is 1.13. The molecular formula is C16H18N2O3. The quantitative estimate of drug-likeness (QED) is 0.655. The molecule has 0 spiro atoms. The van der Waals surface area contributed by atoms with Crippen LogP contribution in [0.25, 0.3) is 0 Å². The second-order valence-electron chi connectivity index (χ2n) is 5.05. The molecule has 0 aliphatic rings. The van der Waals surface area contributed by atoms with E-state index in [0.717, 1.165) is 5.56 Å². The van der Waals surface area contributed by atoms with Gasteiger partial charge in [-0.2, -0.15) is 0 Å². The molecule has 21 heavy (non-hydrogen) atoms. The minimum absolute atomic E-state index is 0.00253. The number of nitro groups is 1. The van der Waals surface area contributed by atoms with Gasteiger partial charge in [-0.15, -0.1) is 0 Å². The lowest BCUT2D eigenvalue weighted by atomic mass is 10.1. The van der Waals surface area contributed by atoms with Crippen molar-refractivity contribution >= 4 is 5.69 Å². The molecule has 2 rings (SSSR count). The molecule has 110 valence electrons. The standard InChI is InChI=1S/C16H18N2O3/c1-17(11-13-6-3-2-4-7-13)12-16(19)14-8-5-9-15(10-14)18(20)21/h2-10,16,19H,11-12H2,1H3/t16-/m0/s1. The number of benzene rings is 2. The van der Waals surface area contributed by atoms with Crippen LogP contribution in [0, 0.1) is 10.1 Å². The molecule has 1 atom stereocenters. The number of rotatable bonds is 6. The zero-order chi connectivity index (χ0) is 15.2. The lowest BCUT2D eigenvalue weighted by Gasteiger charge is -2.20. The van der Waals surface area contributed by atoms with Crippen molar-refractivity contribution in [2.24, 2.45) is 0 Å². The normalized spacial score (nSPS) is 12.3. The van der Waals surface area contributed by atoms with Crippen LogP contribution in [-0.4, -0.2) is 28.5 Å². The van der Waals surface area contributed by atoms with Crippen molar-refractivity contribution in [2.45, 2.75) is 12.6 Å². The van der Waals surface area contributed by atoms with Gasteiger partial charge < -0.3 is 5.11 Å². The third kappa shape index (κ3) is 4.37. The second kappa shape index (κ2) is 6.97. The highest BCUT2D eigenvalue weighted by atomic mass is 16.6. The summed E-state index contributed by atoms with van der Waals surface area (Å²) in [6, 6.07) is 16.1. The summed E-state index contributed by atoms with van der Waals surface area (Å²) in [6.07, 6.45) is -0.751. The van der Waals surface area contributed by atoms with Gasteiger partial charge in [0.05, 0.1) is 11.0 Å². The molecule has 0 radical (unpaired) electrons. The number of nitrogens with zero attached hydrogens (tertiary/aromatic N) is 2. The fourth-order valence-corrected chi connectivity index (χ4v) is 2.21. The Morgan fingerprint density at radius 1 is 1.19 bits per heavy atom. The van der Waals surface area contributed by atoms with Gasteiger partial charge in [-0.25, -0.2) is 0 Å². The van der Waals surface area contributed by atoms with Gasteiger partial charge in [-0.3, -0.25) is 15.0 Å². The van der Waals surface area contributed by atoms with Gasteiger partial charge in [-0.1, -0.05) is 42.5 Å². The third-order valence-corrected chi connectivity index (χ3v) is 3.25. The summed E-state index contributed by atoms with van der Waals surface area (Å²) < 4.78 is 0. The van der Waals surface area contributed by atoms with Crippen molar-refractivity contribution in [3.05, 3.63) is 75.8 Å². The maximum absolute atomic E-state index is 10.8. The summed E-state index contributed by atoms with van der Waals surface area (Å²) in [7, 11) is 1.91. The lowest BCUT2D eigenvalue weighted by molar-refractivity contribution is -0.385. The fraction of sp³-hybridized carbons (Fsp3) is 0.250. The SMILES string of the molecule is CN(Cc1ccccc1)C[C@H](O)c1cccc([N+](=O)[O-])c1. The highest BCUT2D eigenvalue weighted by molar-refractivity contribution is 5.35. The Kier molecular flexibility index (Phi) is 5.03. The van der Waals surface area contributed by atoms with E-state index in [1.165, 1.54) is 12.1 Å². The molecule has 5 nitrogen and oxygen atoms in total. The van der Waals surface area contributed by atoms with Crippen LogP contribution in [0.1, 0.15) is 17.2 Å². The Labute approximate surface area is 123 Å². The van der Waals surface area contributed by atoms with Crippen LogP contribution in [0.5, 0.6) is 0 Å². The smallest absolute Gasteiger partial charge is 0.269 e. The summed E-state index contributed by atoms with van der Waals surface area (Å²) >= 11 is 0. The van der Waals surface area contributed by atoms with E-state index < -0.39 is 11.0 Å². The average molecular weight is 286 g/mol. The van der Waals surface area contributed by atoms with Crippen LogP contribution in [0.2, 0.25) is 0 Å². The fourth-order valence-electron chi connectivity index (χ4n) is 2.21. The predicted octanol–water partition coefficient (Wildman–Crippen LogP) is 2.76. The van der Waals surface area contributed by atoms with Gasteiger partial charge in [0.2, 0.25) is 0 Å². The van der Waals surface area contributed by atoms with Crippen LogP contribution in [0.15, 0.2) is 54.6 Å². The molecule has 2 aromatic carbocycles. The maximum Gasteiger partial charge on any atom is 0.269 e. The number of aliphatic hydroxyl groups excluding tert-OH is 1. The Balaban J connectivity index is 1.99. The Hall–Kier alpha value is -2.24. The van der Waals surface area contributed by atoms with Crippen molar-refractivity contribution in [1.29, 1.82) is 0 Å². The maximum atomic E-state index is 10.8. The third-order valence-electron chi connectivity index (χ3n) is 3.25. The summed E-state index contributed by atoms with van der Waals surface area (Å²) in [5, 5.41) is 21.0. The molecule has 0 saturated heterocycles. The molecule has 0 aromatic heterocycles. The van der Waals surface area contributed by atoms with Crippen LogP contribution in [0.4, 0.5) is 5.69 Å². The van der Waals surface area contributed by atoms with Gasteiger partial charge >= 0.3 is 0 Å². The summed E-state index contributed by atoms with van der Waals surface area (Å²) in [4.78, 5) is 12.3. The van der Waals surface area contributed by atoms with E-state index in [1.54, 1.807) is 12.1 Å². The van der Waals surface area contributed by atoms with Crippen molar-refractivity contribution in [3.63, 3.8) is 0 Å². The Morgan fingerprint density at radius 2 is 1.90 bits per heavy atom. The van der Waals surface area contributed by atoms with Gasteiger partial charge in [-0.05, 0) is 18.2 Å². The molecule has 0 bridgehead atoms. The average Bonchev–Trinajstić information content (AvgIpc) is 2.48. The molecule has 0 saturated carbocycles. The Morgan fingerprint density at radius 3 is 2.57 bits per heavy atom. The van der Waals surface area contributed by atoms with Crippen LogP contribution < -0.4 is 0 Å². The molecule has 0 heterocycles. The van der Waals surface area contributed by atoms with E-state index in [0.29, 0.717) is 18.7 Å². The van der Waals surface area contributed by atoms with Crippen molar-refractivity contribution < 1.29 is 10.0 Å². The summed E-state index contributed by atoms with van der Waals surface area (Å²) in [5.74, 6) is 0. The molecule has 0 aliphatic carbocycles. The molecule has 0 fully saturated rings. The molecular weight excluding hydrogens is 268 g/mol. The molecule has 0 amide bonds. The number of aliphatic hydroxyl groups is 1. The van der Waals surface area contributed by atoms with Crippen LogP contribution in [0.3, 0.4) is 0 Å². The van der Waals surface area contributed by atoms with E-state index in [2.05, 4.69) is 0 Å². The largest absolute Gasteiger partial charge is 0.387 e. The van der Waals surface area contributed by atoms with Gasteiger partial charge in [0, 0.05) is 25.2 Å². The van der Waals surface area contributed by atoms with Crippen molar-refractivity contribution in [1.82, 2.24) is 4.90 Å². The van der Waals surface area contributed by atoms with Gasteiger partial charge in [0.25, 0.3) is 5.69 Å². The van der Waals surface area contributed by atoms with E-state index in [9.17, 15) is 15.2 Å². The highest BCUT2D eigenvalue weighted by Crippen LogP contribution is 2.20. The topological polar surface area (TPSA) is 66.6 Å². The van der Waals surface area contributed by atoms with Crippen LogP contribution >= 0.6 is 0 Å². The van der Waals surface area contributed by atoms with Crippen molar-refractivity contribution in [2.75, 3.05) is 13.6 Å². The lowest BCUT2D eigenvalue weighted by Crippen LogP contribution is -2.24. The number of non-ortho nitro benzene ring substituents is 1. The first kappa shape index (κ1) is 15.2. The molecule has 1 N–H and O–H groups in total. The van der Waals surface area contributed by atoms with Gasteiger partial charge in [0.15, 0.2) is 0 Å². The minimum atomic E-state index is -0.751. The first-order chi connectivity index (χ1) is 10.1. The number of nitro benzene ring substituents is 1. The molecule has 2 aromatic rings. The number of hydrogen-bond donors (Lipinski definition) is 1. The first-order valence-corrected chi connectivity index (χ1v) is 6.71. The number of hydrogen-bond acceptors (Lipinski definition) is 4. The second-order valence-corrected chi connectivity index (χ2v) is 5.05. The zero-order valence-corrected chi connectivity index (χ0v) is 11.8. The minimum Gasteiger partial charge on any atom is -0.387 e. The van der Waals surface area contributed by atoms with E-state index in [4.69, 9.17) is 0 Å². The van der Waals surface area contributed by atoms with E-state index in [1.807, 2.05) is 42.3 Å². The molecule has 5 heteroatoms. The van der Waals surface area contributed by atoms with Crippen molar-refractivity contribution in [3.8, 4) is 0 Å². The Bertz CT molecular complexity index is 601. The molecule has 0 aliphatic heterocycles. The first-order valence-electron chi connectivity index (χ1n) is 6.71. The summed E-state index contributed by atoms with van der Waals surface area (Å²) in [5.41, 5.74) is 1.72. The number of likely N-dealkylation sites (N-methyl/N-ethyl adjacent to an activating group) is 1.